The summed E-state index contributed by atoms with van der Waals surface area (Å²) in [6.07, 6.45) is 1.07. The summed E-state index contributed by atoms with van der Waals surface area (Å²) in [6.45, 7) is 1.10. The van der Waals surface area contributed by atoms with Gasteiger partial charge in [-0.25, -0.2) is 17.6 Å². The molecule has 0 radical (unpaired) electrons. The third-order valence-electron chi connectivity index (χ3n) is 6.49. The molecule has 15 heteroatoms. The molecule has 4 rings (SSSR count). The molecule has 212 valence electrons. The number of rotatable bonds is 6. The highest BCUT2D eigenvalue weighted by atomic mass is 19.1. The van der Waals surface area contributed by atoms with Gasteiger partial charge in [0.1, 0.15) is 17.2 Å². The minimum Gasteiger partial charge on any atom is -0.387 e. The number of ether oxygens (including phenoxy) is 1. The Morgan fingerprint density at radius 2 is 1.18 bits per heavy atom. The Bertz CT molecular complexity index is 1200. The zero-order valence-corrected chi connectivity index (χ0v) is 20.9. The number of nitrogens with zero attached hydrogens (tertiary/aromatic N) is 4. The van der Waals surface area contributed by atoms with Crippen molar-refractivity contribution in [1.82, 2.24) is 0 Å². The lowest BCUT2D eigenvalue weighted by atomic mass is 9.92. The van der Waals surface area contributed by atoms with Crippen LogP contribution in [0.25, 0.3) is 0 Å². The second kappa shape index (κ2) is 12.3. The minimum absolute atomic E-state index is 0.0500. The van der Waals surface area contributed by atoms with Crippen molar-refractivity contribution in [1.29, 1.82) is 0 Å². The summed E-state index contributed by atoms with van der Waals surface area (Å²) in [5.41, 5.74) is -2.84. The zero-order chi connectivity index (χ0) is 28.9. The molecule has 0 bridgehead atoms. The largest absolute Gasteiger partial charge is 0.387 e. The summed E-state index contributed by atoms with van der Waals surface area (Å²) < 4.78 is 60.1. The van der Waals surface area contributed by atoms with Gasteiger partial charge in [-0.05, 0) is 12.8 Å². The number of Topliss-reactive ketones (excluding diaryl/α,β-unsaturated/α-hetero) is 1. The van der Waals surface area contributed by atoms with Crippen LogP contribution in [-0.2, 0) is 9.53 Å². The van der Waals surface area contributed by atoms with Crippen molar-refractivity contribution in [3.05, 3.63) is 67.8 Å². The fourth-order valence-electron chi connectivity index (χ4n) is 4.46. The molecule has 0 aromatic heterocycles. The van der Waals surface area contributed by atoms with Gasteiger partial charge in [-0.2, -0.15) is 0 Å². The van der Waals surface area contributed by atoms with Gasteiger partial charge in [0, 0.05) is 46.1 Å². The standard InChI is InChI=1S/C13H16F2N2O4.C11H10F2N2O3/c1-21-8-13(18)2-4-16(5-3-13)12-10(14)6-9(17(19)20)7-11(12)15;12-9-5-7(15(17)18)6-10(13)11(9)14-3-1-8(16)2-4-14/h6-7,18H,2-5,8H2,1H3;5-6H,1-4H2. The number of carbonyl (C=O) groups excluding carboxylic acids is 1. The molecular formula is C24H26F4N4O7. The van der Waals surface area contributed by atoms with Crippen molar-refractivity contribution < 1.29 is 42.0 Å². The monoisotopic (exact) mass is 558 g/mol. The van der Waals surface area contributed by atoms with Crippen LogP contribution in [-0.4, -0.2) is 66.2 Å². The number of non-ortho nitro benzene ring substituents is 2. The first-order valence-electron chi connectivity index (χ1n) is 11.8. The number of nitro benzene ring substituents is 2. The first-order chi connectivity index (χ1) is 18.3. The summed E-state index contributed by atoms with van der Waals surface area (Å²) in [5, 5.41) is 31.2. The van der Waals surface area contributed by atoms with E-state index < -0.39 is 50.1 Å². The molecule has 1 N–H and O–H groups in total. The average Bonchev–Trinajstić information content (AvgIpc) is 2.86. The molecule has 2 aliphatic rings. The van der Waals surface area contributed by atoms with E-state index in [0.717, 1.165) is 0 Å². The zero-order valence-electron chi connectivity index (χ0n) is 20.9. The van der Waals surface area contributed by atoms with Crippen molar-refractivity contribution >= 4 is 28.5 Å². The lowest BCUT2D eigenvalue weighted by Crippen LogP contribution is -2.47. The lowest BCUT2D eigenvalue weighted by Gasteiger charge is -2.38. The normalized spacial score (nSPS) is 16.9. The Balaban J connectivity index is 0.000000218. The first kappa shape index (κ1) is 29.7. The number of aliphatic hydroxyl groups is 1. The van der Waals surface area contributed by atoms with E-state index in [1.165, 1.54) is 16.9 Å². The van der Waals surface area contributed by atoms with Crippen molar-refractivity contribution in [3.63, 3.8) is 0 Å². The lowest BCUT2D eigenvalue weighted by molar-refractivity contribution is -0.385. The molecule has 0 spiro atoms. The summed E-state index contributed by atoms with van der Waals surface area (Å²) >= 11 is 0. The van der Waals surface area contributed by atoms with E-state index in [9.17, 15) is 47.7 Å². The van der Waals surface area contributed by atoms with Gasteiger partial charge in [0.05, 0.1) is 46.3 Å². The molecule has 2 aromatic rings. The predicted octanol–water partition coefficient (Wildman–Crippen LogP) is 3.89. The number of anilines is 2. The van der Waals surface area contributed by atoms with Gasteiger partial charge in [0.2, 0.25) is 0 Å². The van der Waals surface area contributed by atoms with Crippen LogP contribution in [0.2, 0.25) is 0 Å². The topological polar surface area (TPSA) is 139 Å². The fraction of sp³-hybridized carbons (Fsp3) is 0.458. The van der Waals surface area contributed by atoms with E-state index >= 15 is 0 Å². The summed E-state index contributed by atoms with van der Waals surface area (Å²) in [7, 11) is 1.47. The molecule has 2 saturated heterocycles. The van der Waals surface area contributed by atoms with Gasteiger partial charge in [0.15, 0.2) is 23.3 Å². The molecule has 0 atom stereocenters. The van der Waals surface area contributed by atoms with Gasteiger partial charge in [-0.3, -0.25) is 25.0 Å². The second-order valence-corrected chi connectivity index (χ2v) is 9.20. The smallest absolute Gasteiger partial charge is 0.275 e. The third kappa shape index (κ3) is 7.17. The van der Waals surface area contributed by atoms with E-state index in [1.54, 1.807) is 0 Å². The van der Waals surface area contributed by atoms with Crippen molar-refractivity contribution in [2.75, 3.05) is 49.7 Å². The van der Waals surface area contributed by atoms with Gasteiger partial charge >= 0.3 is 0 Å². The summed E-state index contributed by atoms with van der Waals surface area (Å²) in [5.74, 6) is -3.85. The first-order valence-corrected chi connectivity index (χ1v) is 11.8. The molecule has 0 saturated carbocycles. The van der Waals surface area contributed by atoms with Crippen LogP contribution in [0.4, 0.5) is 40.3 Å². The van der Waals surface area contributed by atoms with Crippen molar-refractivity contribution in [2.24, 2.45) is 0 Å². The Labute approximate surface area is 219 Å². The molecule has 2 heterocycles. The molecule has 2 fully saturated rings. The number of halogens is 4. The molecule has 2 aromatic carbocycles. The second-order valence-electron chi connectivity index (χ2n) is 9.20. The summed E-state index contributed by atoms with van der Waals surface area (Å²) in [4.78, 5) is 33.2. The highest BCUT2D eigenvalue weighted by Crippen LogP contribution is 2.33. The van der Waals surface area contributed by atoms with Crippen LogP contribution in [0.3, 0.4) is 0 Å². The number of methoxy groups -OCH3 is 1. The van der Waals surface area contributed by atoms with Crippen molar-refractivity contribution in [2.45, 2.75) is 31.3 Å². The molecule has 2 aliphatic heterocycles. The molecular weight excluding hydrogens is 532 g/mol. The van der Waals surface area contributed by atoms with Gasteiger partial charge in [-0.15, -0.1) is 0 Å². The Morgan fingerprint density at radius 1 is 0.821 bits per heavy atom. The highest BCUT2D eigenvalue weighted by molar-refractivity contribution is 5.81. The molecule has 0 aliphatic carbocycles. The quantitative estimate of drug-likeness (QED) is 0.318. The number of piperidine rings is 2. The SMILES string of the molecule is COCC1(O)CCN(c2c(F)cc([N+](=O)[O-])cc2F)CC1.O=C1CCN(c2c(F)cc([N+](=O)[O-])cc2F)CC1. The number of benzene rings is 2. The average molecular weight is 558 g/mol. The Hall–Kier alpha value is -3.85. The maximum absolute atomic E-state index is 13.9. The van der Waals surface area contributed by atoms with Crippen LogP contribution in [0.15, 0.2) is 24.3 Å². The number of hydrogen-bond donors (Lipinski definition) is 1. The Kier molecular flexibility index (Phi) is 9.40. The number of hydrogen-bond acceptors (Lipinski definition) is 9. The van der Waals surface area contributed by atoms with E-state index in [4.69, 9.17) is 4.74 Å². The van der Waals surface area contributed by atoms with E-state index in [0.29, 0.717) is 37.1 Å². The van der Waals surface area contributed by atoms with E-state index in [2.05, 4.69) is 0 Å². The van der Waals surface area contributed by atoms with E-state index in [1.807, 2.05) is 0 Å². The Morgan fingerprint density at radius 3 is 1.51 bits per heavy atom. The number of carbonyl (C=O) groups is 1. The van der Waals surface area contributed by atoms with Crippen LogP contribution < -0.4 is 9.80 Å². The van der Waals surface area contributed by atoms with Crippen LogP contribution >= 0.6 is 0 Å². The predicted molar refractivity (Wildman–Crippen MR) is 131 cm³/mol. The molecule has 0 amide bonds. The maximum Gasteiger partial charge on any atom is 0.275 e. The third-order valence-corrected chi connectivity index (χ3v) is 6.49. The van der Waals surface area contributed by atoms with Gasteiger partial charge < -0.3 is 19.6 Å². The van der Waals surface area contributed by atoms with E-state index in [-0.39, 0.29) is 62.8 Å². The molecule has 0 unspecified atom stereocenters. The maximum atomic E-state index is 13.9. The van der Waals surface area contributed by atoms with Gasteiger partial charge in [0.25, 0.3) is 11.4 Å². The molecule has 11 nitrogen and oxygen atoms in total. The van der Waals surface area contributed by atoms with Crippen LogP contribution in [0, 0.1) is 43.5 Å². The fourth-order valence-corrected chi connectivity index (χ4v) is 4.46. The highest BCUT2D eigenvalue weighted by Gasteiger charge is 2.34. The minimum atomic E-state index is -1.00. The number of ketones is 1. The summed E-state index contributed by atoms with van der Waals surface area (Å²) in [6, 6.07) is 2.78. The van der Waals surface area contributed by atoms with Crippen molar-refractivity contribution in [3.8, 4) is 0 Å². The molecule has 39 heavy (non-hydrogen) atoms. The number of nitro groups is 2. The van der Waals surface area contributed by atoms with Gasteiger partial charge in [-0.1, -0.05) is 0 Å². The van der Waals surface area contributed by atoms with Crippen LogP contribution in [0.1, 0.15) is 25.7 Å². The van der Waals surface area contributed by atoms with Crippen LogP contribution in [0.5, 0.6) is 0 Å².